The molecule has 7 heteroatoms. The van der Waals surface area contributed by atoms with E-state index in [-0.39, 0.29) is 0 Å². The zero-order chi connectivity index (χ0) is 45.9. The molecule has 6 nitrogen and oxygen atoms in total. The molecule has 0 fully saturated rings. The minimum atomic E-state index is 0.541. The molecule has 0 aliphatic heterocycles. The second-order valence-corrected chi connectivity index (χ2v) is 18.9. The zero-order valence-electron chi connectivity index (χ0n) is 37.4. The van der Waals surface area contributed by atoms with E-state index in [4.69, 9.17) is 19.4 Å². The Labute approximate surface area is 404 Å². The van der Waals surface area contributed by atoms with E-state index < -0.39 is 0 Å². The van der Waals surface area contributed by atoms with E-state index >= 15 is 0 Å². The number of nitrogens with zero attached hydrogens (tertiary/aromatic N) is 5. The fourth-order valence-electron chi connectivity index (χ4n) is 10.9. The number of fused-ring (bicyclic) bond motifs is 12. The summed E-state index contributed by atoms with van der Waals surface area (Å²) in [6, 6.07) is 79.8. The Morgan fingerprint density at radius 3 is 1.69 bits per heavy atom. The second kappa shape index (κ2) is 15.2. The lowest BCUT2D eigenvalue weighted by molar-refractivity contribution is 0.669. The van der Waals surface area contributed by atoms with Crippen LogP contribution in [0.25, 0.3) is 142 Å². The quantitative estimate of drug-likeness (QED) is 0.167. The number of hydrogen-bond acceptors (Lipinski definition) is 5. The standard InChI is InChI=1S/C63H37N5OS/c1-2-17-38(18-3-1)40-19-4-9-29-51(40)67-52-30-10-6-21-42(52)46-25-16-32-54(59(46)67)68-53-31-11-5-20-41(53)45-24-14-27-48(58(45)68)62-64-61(39-35-36-57-50(37-39)44-23-8-13-34-56(44)70-57)65-63(66-62)49-28-15-26-47-43-22-7-12-33-55(43)69-60(47)49/h1-37H. The van der Waals surface area contributed by atoms with Gasteiger partial charge in [-0.3, -0.25) is 0 Å². The maximum atomic E-state index is 6.66. The van der Waals surface area contributed by atoms with Crippen molar-refractivity contribution in [3.05, 3.63) is 224 Å². The summed E-state index contributed by atoms with van der Waals surface area (Å²) in [5.41, 5.74) is 13.0. The van der Waals surface area contributed by atoms with Crippen molar-refractivity contribution in [1.29, 1.82) is 0 Å². The number of thiophene rings is 1. The molecule has 0 atom stereocenters. The van der Waals surface area contributed by atoms with Crippen LogP contribution in [0.1, 0.15) is 0 Å². The van der Waals surface area contributed by atoms with Crippen LogP contribution in [0.2, 0.25) is 0 Å². The summed E-state index contributed by atoms with van der Waals surface area (Å²) in [6.45, 7) is 0. The minimum Gasteiger partial charge on any atom is -0.455 e. The minimum absolute atomic E-state index is 0.541. The van der Waals surface area contributed by atoms with Crippen molar-refractivity contribution in [2.24, 2.45) is 0 Å². The lowest BCUT2D eigenvalue weighted by atomic mass is 10.0. The molecule has 0 aliphatic rings. The molecule has 326 valence electrons. The van der Waals surface area contributed by atoms with Gasteiger partial charge < -0.3 is 13.6 Å². The van der Waals surface area contributed by atoms with Crippen molar-refractivity contribution in [1.82, 2.24) is 24.1 Å². The molecule has 0 bridgehead atoms. The molecule has 0 amide bonds. The molecular weight excluding hydrogens is 875 g/mol. The summed E-state index contributed by atoms with van der Waals surface area (Å²) in [4.78, 5) is 16.3. The van der Waals surface area contributed by atoms with Crippen molar-refractivity contribution < 1.29 is 4.42 Å². The number of furan rings is 1. The normalized spacial score (nSPS) is 12.0. The van der Waals surface area contributed by atoms with Crippen LogP contribution in [0, 0.1) is 0 Å². The Hall–Kier alpha value is -9.17. The Kier molecular flexibility index (Phi) is 8.43. The summed E-state index contributed by atoms with van der Waals surface area (Å²) in [5, 5.41) is 9.06. The third kappa shape index (κ3) is 5.76. The lowest BCUT2D eigenvalue weighted by Crippen LogP contribution is -2.04. The number of hydrogen-bond donors (Lipinski definition) is 0. The first-order chi connectivity index (χ1) is 34.7. The molecule has 5 aromatic heterocycles. The van der Waals surface area contributed by atoms with Gasteiger partial charge in [0, 0.05) is 69.2 Å². The van der Waals surface area contributed by atoms with Crippen LogP contribution >= 0.6 is 11.3 Å². The summed E-state index contributed by atoms with van der Waals surface area (Å²) >= 11 is 1.80. The molecular formula is C63H37N5OS. The Bertz CT molecular complexity index is 4610. The van der Waals surface area contributed by atoms with Crippen molar-refractivity contribution in [3.8, 4) is 56.7 Å². The molecule has 0 N–H and O–H groups in total. The van der Waals surface area contributed by atoms with Crippen molar-refractivity contribution in [3.63, 3.8) is 0 Å². The largest absolute Gasteiger partial charge is 0.455 e. The van der Waals surface area contributed by atoms with Crippen LogP contribution in [-0.4, -0.2) is 24.1 Å². The highest BCUT2D eigenvalue weighted by Gasteiger charge is 2.25. The summed E-state index contributed by atoms with van der Waals surface area (Å²) in [5.74, 6) is 1.70. The van der Waals surface area contributed by atoms with Gasteiger partial charge in [-0.15, -0.1) is 11.3 Å². The van der Waals surface area contributed by atoms with Crippen LogP contribution in [-0.2, 0) is 0 Å². The van der Waals surface area contributed by atoms with Crippen LogP contribution in [0.3, 0.4) is 0 Å². The van der Waals surface area contributed by atoms with Crippen molar-refractivity contribution in [2.75, 3.05) is 0 Å². The number of rotatable bonds is 6. The molecule has 70 heavy (non-hydrogen) atoms. The van der Waals surface area contributed by atoms with Gasteiger partial charge in [-0.1, -0.05) is 158 Å². The maximum Gasteiger partial charge on any atom is 0.167 e. The van der Waals surface area contributed by atoms with E-state index in [0.29, 0.717) is 17.5 Å². The van der Waals surface area contributed by atoms with Gasteiger partial charge in [0.1, 0.15) is 11.2 Å². The SMILES string of the molecule is c1ccc(-c2ccccc2-n2c3ccccc3c3cccc(-n4c5ccccc5c5cccc(-c6nc(-c7ccc8sc9ccccc9c8c7)nc(-c7cccc8c7oc7ccccc78)n6)c54)c32)cc1. The molecule has 0 radical (unpaired) electrons. The predicted octanol–water partition coefficient (Wildman–Crippen LogP) is 17.0. The van der Waals surface area contributed by atoms with Gasteiger partial charge in [-0.25, -0.2) is 15.0 Å². The van der Waals surface area contributed by atoms with Gasteiger partial charge in [0.15, 0.2) is 17.5 Å². The van der Waals surface area contributed by atoms with E-state index in [9.17, 15) is 0 Å². The highest BCUT2D eigenvalue weighted by atomic mass is 32.1. The van der Waals surface area contributed by atoms with E-state index in [0.717, 1.165) is 94.0 Å². The second-order valence-electron chi connectivity index (χ2n) is 17.9. The fraction of sp³-hybridized carbons (Fsp3) is 0. The molecule has 0 aliphatic carbocycles. The summed E-state index contributed by atoms with van der Waals surface area (Å²) in [7, 11) is 0. The van der Waals surface area contributed by atoms with Gasteiger partial charge in [-0.05, 0) is 72.3 Å². The predicted molar refractivity (Wildman–Crippen MR) is 290 cm³/mol. The highest BCUT2D eigenvalue weighted by Crippen LogP contribution is 2.44. The van der Waals surface area contributed by atoms with Gasteiger partial charge in [0.05, 0.1) is 39.0 Å². The Morgan fingerprint density at radius 1 is 0.329 bits per heavy atom. The first-order valence-electron chi connectivity index (χ1n) is 23.5. The van der Waals surface area contributed by atoms with Crippen LogP contribution < -0.4 is 0 Å². The zero-order valence-corrected chi connectivity index (χ0v) is 38.2. The maximum absolute atomic E-state index is 6.66. The van der Waals surface area contributed by atoms with Gasteiger partial charge in [-0.2, -0.15) is 0 Å². The average Bonchev–Trinajstić information content (AvgIpc) is 4.19. The number of aromatic nitrogens is 5. The van der Waals surface area contributed by atoms with E-state index in [1.165, 1.54) is 30.9 Å². The monoisotopic (exact) mass is 911 g/mol. The van der Waals surface area contributed by atoms with E-state index in [1.807, 2.05) is 12.1 Å². The smallest absolute Gasteiger partial charge is 0.167 e. The third-order valence-corrected chi connectivity index (χ3v) is 15.1. The van der Waals surface area contributed by atoms with Gasteiger partial charge >= 0.3 is 0 Å². The lowest BCUT2D eigenvalue weighted by Gasteiger charge is -2.18. The van der Waals surface area contributed by atoms with Crippen LogP contribution in [0.5, 0.6) is 0 Å². The topological polar surface area (TPSA) is 61.7 Å². The fourth-order valence-corrected chi connectivity index (χ4v) is 12.0. The van der Waals surface area contributed by atoms with Gasteiger partial charge in [0.2, 0.25) is 0 Å². The summed E-state index contributed by atoms with van der Waals surface area (Å²) < 4.78 is 14.0. The van der Waals surface area contributed by atoms with Crippen LogP contribution in [0.4, 0.5) is 0 Å². The number of benzene rings is 10. The average molecular weight is 912 g/mol. The van der Waals surface area contributed by atoms with E-state index in [2.05, 4.69) is 221 Å². The highest BCUT2D eigenvalue weighted by molar-refractivity contribution is 7.25. The van der Waals surface area contributed by atoms with E-state index in [1.54, 1.807) is 11.3 Å². The van der Waals surface area contributed by atoms with Crippen molar-refractivity contribution >= 4 is 97.1 Å². The molecule has 0 unspecified atom stereocenters. The molecule has 10 aromatic carbocycles. The third-order valence-electron chi connectivity index (χ3n) is 14.0. The van der Waals surface area contributed by atoms with Crippen molar-refractivity contribution in [2.45, 2.75) is 0 Å². The molecule has 0 saturated heterocycles. The van der Waals surface area contributed by atoms with Gasteiger partial charge in [0.25, 0.3) is 0 Å². The number of para-hydroxylation sites is 7. The molecule has 0 spiro atoms. The first kappa shape index (κ1) is 38.9. The summed E-state index contributed by atoms with van der Waals surface area (Å²) in [6.07, 6.45) is 0. The molecule has 15 aromatic rings. The van der Waals surface area contributed by atoms with Crippen LogP contribution in [0.15, 0.2) is 229 Å². The molecule has 5 heterocycles. The Morgan fingerprint density at radius 2 is 0.871 bits per heavy atom. The molecule has 0 saturated carbocycles. The first-order valence-corrected chi connectivity index (χ1v) is 24.3. The molecule has 15 rings (SSSR count). The Balaban J connectivity index is 1.04.